The molecule has 2 rings (SSSR count). The van der Waals surface area contributed by atoms with Crippen LogP contribution in [0.1, 0.15) is 13.3 Å². The Kier molecular flexibility index (Phi) is 5.91. The van der Waals surface area contributed by atoms with Gasteiger partial charge in [-0.3, -0.25) is 9.69 Å². The van der Waals surface area contributed by atoms with Crippen molar-refractivity contribution < 1.29 is 18.3 Å². The first-order chi connectivity index (χ1) is 10.8. The van der Waals surface area contributed by atoms with Crippen molar-refractivity contribution in [1.82, 2.24) is 9.21 Å². The van der Waals surface area contributed by atoms with E-state index in [1.807, 2.05) is 0 Å². The Morgan fingerprint density at radius 2 is 1.87 bits per heavy atom. The van der Waals surface area contributed by atoms with Gasteiger partial charge in [0.25, 0.3) is 0 Å². The minimum Gasteiger partial charge on any atom is -0.480 e. The molecule has 1 fully saturated rings. The number of benzene rings is 1. The molecule has 1 aromatic carbocycles. The predicted molar refractivity (Wildman–Crippen MR) is 88.5 cm³/mol. The van der Waals surface area contributed by atoms with E-state index in [1.165, 1.54) is 22.5 Å². The van der Waals surface area contributed by atoms with Crippen molar-refractivity contribution in [2.75, 3.05) is 26.2 Å². The number of hydrogen-bond acceptors (Lipinski definition) is 4. The van der Waals surface area contributed by atoms with E-state index in [0.717, 1.165) is 0 Å². The van der Waals surface area contributed by atoms with E-state index < -0.39 is 22.0 Å². The molecule has 1 aliphatic heterocycles. The van der Waals surface area contributed by atoms with Gasteiger partial charge in [0.2, 0.25) is 10.0 Å². The van der Waals surface area contributed by atoms with Gasteiger partial charge in [0.15, 0.2) is 0 Å². The maximum atomic E-state index is 12.7. The van der Waals surface area contributed by atoms with Crippen molar-refractivity contribution >= 4 is 39.2 Å². The number of carboxylic acids is 1. The predicted octanol–water partition coefficient (Wildman–Crippen LogP) is 2.16. The Hall–Kier alpha value is -0.860. The summed E-state index contributed by atoms with van der Waals surface area (Å²) in [5.74, 6) is -0.887. The topological polar surface area (TPSA) is 77.9 Å². The second kappa shape index (κ2) is 7.36. The number of aliphatic carboxylic acids is 1. The lowest BCUT2D eigenvalue weighted by molar-refractivity contribution is -0.143. The highest BCUT2D eigenvalue weighted by atomic mass is 35.5. The molecule has 1 N–H and O–H groups in total. The molecule has 0 amide bonds. The van der Waals surface area contributed by atoms with Crippen molar-refractivity contribution in [2.24, 2.45) is 0 Å². The minimum absolute atomic E-state index is 0.0228. The van der Waals surface area contributed by atoms with E-state index in [9.17, 15) is 18.3 Å². The molecule has 1 heterocycles. The van der Waals surface area contributed by atoms with Crippen molar-refractivity contribution in [2.45, 2.75) is 24.3 Å². The Morgan fingerprint density at radius 3 is 2.39 bits per heavy atom. The summed E-state index contributed by atoms with van der Waals surface area (Å²) in [5, 5.41) is 9.60. The van der Waals surface area contributed by atoms with Crippen LogP contribution in [0, 0.1) is 0 Å². The van der Waals surface area contributed by atoms with Gasteiger partial charge in [0, 0.05) is 31.2 Å². The summed E-state index contributed by atoms with van der Waals surface area (Å²) in [6, 6.07) is 3.72. The summed E-state index contributed by atoms with van der Waals surface area (Å²) in [4.78, 5) is 13.0. The molecule has 6 nitrogen and oxygen atoms in total. The molecule has 1 aromatic rings. The largest absolute Gasteiger partial charge is 0.480 e. The molecule has 1 unspecified atom stereocenters. The second-order valence-electron chi connectivity index (χ2n) is 5.28. The summed E-state index contributed by atoms with van der Waals surface area (Å²) in [6.07, 6.45) is 0.474. The molecule has 128 valence electrons. The SMILES string of the molecule is CCC(C(=O)O)N1CCN(S(=O)(=O)c2cc(Cl)ccc2Cl)CC1. The lowest BCUT2D eigenvalue weighted by Crippen LogP contribution is -2.53. The molecule has 0 saturated carbocycles. The Morgan fingerprint density at radius 1 is 1.26 bits per heavy atom. The Balaban J connectivity index is 2.16. The quantitative estimate of drug-likeness (QED) is 0.846. The van der Waals surface area contributed by atoms with Crippen LogP contribution in [0.5, 0.6) is 0 Å². The van der Waals surface area contributed by atoms with Gasteiger partial charge < -0.3 is 5.11 Å². The summed E-state index contributed by atoms with van der Waals surface area (Å²) in [5.41, 5.74) is 0. The third kappa shape index (κ3) is 3.97. The normalized spacial score (nSPS) is 18.7. The second-order valence-corrected chi connectivity index (χ2v) is 8.03. The maximum absolute atomic E-state index is 12.7. The number of nitrogens with zero attached hydrogens (tertiary/aromatic N) is 2. The van der Waals surface area contributed by atoms with E-state index in [-0.39, 0.29) is 23.0 Å². The molecule has 1 atom stereocenters. The first-order valence-corrected chi connectivity index (χ1v) is 9.39. The van der Waals surface area contributed by atoms with Gasteiger partial charge in [-0.25, -0.2) is 8.42 Å². The van der Waals surface area contributed by atoms with Crippen LogP contribution in [0.2, 0.25) is 10.0 Å². The van der Waals surface area contributed by atoms with Crippen molar-refractivity contribution in [3.63, 3.8) is 0 Å². The van der Waals surface area contributed by atoms with Gasteiger partial charge in [-0.2, -0.15) is 4.31 Å². The van der Waals surface area contributed by atoms with Gasteiger partial charge in [0.1, 0.15) is 10.9 Å². The highest BCUT2D eigenvalue weighted by Crippen LogP contribution is 2.28. The third-order valence-corrected chi connectivity index (χ3v) is 6.51. The van der Waals surface area contributed by atoms with Gasteiger partial charge in [-0.1, -0.05) is 30.1 Å². The van der Waals surface area contributed by atoms with Gasteiger partial charge >= 0.3 is 5.97 Å². The smallest absolute Gasteiger partial charge is 0.320 e. The van der Waals surface area contributed by atoms with Crippen LogP contribution in [-0.4, -0.2) is 60.9 Å². The standard InChI is InChI=1S/C14H18Cl2N2O4S/c1-2-12(14(19)20)17-5-7-18(8-6-17)23(21,22)13-9-10(15)3-4-11(13)16/h3-4,9,12H,2,5-8H2,1H3,(H,19,20). The van der Waals surface area contributed by atoms with E-state index >= 15 is 0 Å². The fourth-order valence-corrected chi connectivity index (χ4v) is 4.82. The number of halogens is 2. The fourth-order valence-electron chi connectivity index (χ4n) is 2.66. The number of hydrogen-bond donors (Lipinski definition) is 1. The first kappa shape index (κ1) is 18.5. The molecule has 0 aliphatic carbocycles. The van der Waals surface area contributed by atoms with Crippen molar-refractivity contribution in [3.8, 4) is 0 Å². The van der Waals surface area contributed by atoms with Crippen LogP contribution < -0.4 is 0 Å². The van der Waals surface area contributed by atoms with Crippen molar-refractivity contribution in [3.05, 3.63) is 28.2 Å². The Bertz CT molecular complexity index is 688. The zero-order valence-corrected chi connectivity index (χ0v) is 14.9. The highest BCUT2D eigenvalue weighted by molar-refractivity contribution is 7.89. The first-order valence-electron chi connectivity index (χ1n) is 7.19. The lowest BCUT2D eigenvalue weighted by atomic mass is 10.1. The zero-order chi connectivity index (χ0) is 17.2. The number of sulfonamides is 1. The molecule has 0 bridgehead atoms. The van der Waals surface area contributed by atoms with E-state index in [0.29, 0.717) is 24.5 Å². The molecular formula is C14H18Cl2N2O4S. The third-order valence-electron chi connectivity index (χ3n) is 3.90. The van der Waals surface area contributed by atoms with Crippen LogP contribution >= 0.6 is 23.2 Å². The van der Waals surface area contributed by atoms with Crippen LogP contribution in [0.4, 0.5) is 0 Å². The average Bonchev–Trinajstić information content (AvgIpc) is 2.50. The van der Waals surface area contributed by atoms with Gasteiger partial charge in [-0.05, 0) is 24.6 Å². The zero-order valence-electron chi connectivity index (χ0n) is 12.6. The molecular weight excluding hydrogens is 363 g/mol. The number of carboxylic acid groups (broad SMARTS) is 1. The monoisotopic (exact) mass is 380 g/mol. The van der Waals surface area contributed by atoms with E-state index in [1.54, 1.807) is 11.8 Å². The van der Waals surface area contributed by atoms with Crippen LogP contribution in [0.15, 0.2) is 23.1 Å². The fraction of sp³-hybridized carbons (Fsp3) is 0.500. The highest BCUT2D eigenvalue weighted by Gasteiger charge is 2.33. The van der Waals surface area contributed by atoms with Crippen LogP contribution in [0.25, 0.3) is 0 Å². The minimum atomic E-state index is -3.75. The van der Waals surface area contributed by atoms with Gasteiger partial charge in [0.05, 0.1) is 5.02 Å². The molecule has 23 heavy (non-hydrogen) atoms. The van der Waals surface area contributed by atoms with Crippen LogP contribution in [0.3, 0.4) is 0 Å². The summed E-state index contributed by atoms with van der Waals surface area (Å²) >= 11 is 11.9. The van der Waals surface area contributed by atoms with Crippen molar-refractivity contribution in [1.29, 1.82) is 0 Å². The Labute approximate surface area is 145 Å². The average molecular weight is 381 g/mol. The molecule has 0 radical (unpaired) electrons. The molecule has 1 aliphatic rings. The lowest BCUT2D eigenvalue weighted by Gasteiger charge is -2.36. The summed E-state index contributed by atoms with van der Waals surface area (Å²) in [6.45, 7) is 2.96. The number of carbonyl (C=O) groups is 1. The summed E-state index contributed by atoms with van der Waals surface area (Å²) < 4.78 is 26.7. The van der Waals surface area contributed by atoms with Crippen LogP contribution in [-0.2, 0) is 14.8 Å². The van der Waals surface area contributed by atoms with E-state index in [4.69, 9.17) is 23.2 Å². The number of piperazine rings is 1. The maximum Gasteiger partial charge on any atom is 0.320 e. The summed E-state index contributed by atoms with van der Waals surface area (Å²) in [7, 11) is -3.75. The van der Waals surface area contributed by atoms with Gasteiger partial charge in [-0.15, -0.1) is 0 Å². The van der Waals surface area contributed by atoms with E-state index in [2.05, 4.69) is 0 Å². The molecule has 0 aromatic heterocycles. The molecule has 0 spiro atoms. The number of rotatable bonds is 5. The molecule has 1 saturated heterocycles. The molecule has 9 heteroatoms.